The lowest BCUT2D eigenvalue weighted by Crippen LogP contribution is -2.37. The number of sulfone groups is 1. The van der Waals surface area contributed by atoms with Gasteiger partial charge in [0.2, 0.25) is 0 Å². The summed E-state index contributed by atoms with van der Waals surface area (Å²) in [4.78, 5) is 0. The van der Waals surface area contributed by atoms with Gasteiger partial charge in [-0.25, -0.2) is 8.42 Å². The van der Waals surface area contributed by atoms with Crippen molar-refractivity contribution in [3.8, 4) is 0 Å². The second kappa shape index (κ2) is 5.70. The number of rotatable bonds is 6. The molecule has 0 N–H and O–H groups in total. The molecule has 17 heavy (non-hydrogen) atoms. The maximum Gasteiger partial charge on any atom is 0.150 e. The SMILES string of the molecule is COCCCS(=O)(=O)CC1CC(C(C)(C)C)C1. The topological polar surface area (TPSA) is 43.4 Å². The molecule has 1 saturated carbocycles. The zero-order valence-electron chi connectivity index (χ0n) is 11.5. The second-order valence-electron chi connectivity index (χ2n) is 6.36. The van der Waals surface area contributed by atoms with Crippen molar-refractivity contribution >= 4 is 9.84 Å². The van der Waals surface area contributed by atoms with E-state index in [0.717, 1.165) is 12.8 Å². The Kier molecular flexibility index (Phi) is 5.02. The van der Waals surface area contributed by atoms with E-state index in [4.69, 9.17) is 4.74 Å². The van der Waals surface area contributed by atoms with Gasteiger partial charge < -0.3 is 4.74 Å². The zero-order valence-corrected chi connectivity index (χ0v) is 12.3. The molecule has 0 bridgehead atoms. The summed E-state index contributed by atoms with van der Waals surface area (Å²) in [6.07, 6.45) is 2.77. The van der Waals surface area contributed by atoms with E-state index < -0.39 is 9.84 Å². The van der Waals surface area contributed by atoms with Crippen LogP contribution in [0.15, 0.2) is 0 Å². The Hall–Kier alpha value is -0.0900. The summed E-state index contributed by atoms with van der Waals surface area (Å²) in [5.41, 5.74) is 0.330. The number of hydrogen-bond donors (Lipinski definition) is 0. The van der Waals surface area contributed by atoms with Gasteiger partial charge >= 0.3 is 0 Å². The third kappa shape index (κ3) is 4.96. The summed E-state index contributed by atoms with van der Waals surface area (Å²) in [5.74, 6) is 1.74. The highest BCUT2D eigenvalue weighted by atomic mass is 32.2. The second-order valence-corrected chi connectivity index (χ2v) is 8.59. The predicted octanol–water partition coefficient (Wildman–Crippen LogP) is 2.51. The molecular formula is C13H26O3S. The van der Waals surface area contributed by atoms with Crippen molar-refractivity contribution in [2.24, 2.45) is 17.3 Å². The van der Waals surface area contributed by atoms with Crippen molar-refractivity contribution in [2.45, 2.75) is 40.0 Å². The molecule has 0 aromatic rings. The van der Waals surface area contributed by atoms with E-state index in [2.05, 4.69) is 20.8 Å². The van der Waals surface area contributed by atoms with Gasteiger partial charge in [0.25, 0.3) is 0 Å². The fourth-order valence-corrected chi connectivity index (χ4v) is 4.16. The van der Waals surface area contributed by atoms with E-state index in [9.17, 15) is 8.42 Å². The summed E-state index contributed by atoms with van der Waals surface area (Å²) in [5, 5.41) is 0. The normalized spacial score (nSPS) is 25.6. The van der Waals surface area contributed by atoms with Crippen molar-refractivity contribution in [1.29, 1.82) is 0 Å². The third-order valence-corrected chi connectivity index (χ3v) is 5.64. The molecule has 0 amide bonds. The van der Waals surface area contributed by atoms with E-state index in [1.54, 1.807) is 7.11 Å². The van der Waals surface area contributed by atoms with Gasteiger partial charge in [-0.1, -0.05) is 20.8 Å². The summed E-state index contributed by atoms with van der Waals surface area (Å²) in [6, 6.07) is 0. The largest absolute Gasteiger partial charge is 0.385 e. The summed E-state index contributed by atoms with van der Waals surface area (Å²) < 4.78 is 28.5. The molecule has 1 rings (SSSR count). The van der Waals surface area contributed by atoms with E-state index in [0.29, 0.717) is 36.0 Å². The molecule has 0 radical (unpaired) electrons. The molecule has 0 atom stereocenters. The van der Waals surface area contributed by atoms with E-state index >= 15 is 0 Å². The van der Waals surface area contributed by atoms with Crippen molar-refractivity contribution in [1.82, 2.24) is 0 Å². The highest BCUT2D eigenvalue weighted by Crippen LogP contribution is 2.45. The minimum absolute atomic E-state index is 0.275. The monoisotopic (exact) mass is 262 g/mol. The van der Waals surface area contributed by atoms with Crippen LogP contribution in [0.1, 0.15) is 40.0 Å². The fraction of sp³-hybridized carbons (Fsp3) is 1.00. The molecule has 0 aromatic heterocycles. The van der Waals surface area contributed by atoms with E-state index in [-0.39, 0.29) is 5.75 Å². The molecule has 0 aromatic carbocycles. The Morgan fingerprint density at radius 1 is 1.24 bits per heavy atom. The standard InChI is InChI=1S/C13H26O3S/c1-13(2,3)12-8-11(9-12)10-17(14,15)7-5-6-16-4/h11-12H,5-10H2,1-4H3. The first-order valence-corrected chi connectivity index (χ1v) is 8.26. The highest BCUT2D eigenvalue weighted by molar-refractivity contribution is 7.91. The molecular weight excluding hydrogens is 236 g/mol. The Labute approximate surface area is 106 Å². The van der Waals surface area contributed by atoms with Crippen molar-refractivity contribution < 1.29 is 13.2 Å². The molecule has 1 aliphatic carbocycles. The lowest BCUT2D eigenvalue weighted by atomic mass is 9.64. The zero-order chi connectivity index (χ0) is 13.1. The fourth-order valence-electron chi connectivity index (χ4n) is 2.44. The van der Waals surface area contributed by atoms with Crippen LogP contribution in [0.4, 0.5) is 0 Å². The van der Waals surface area contributed by atoms with E-state index in [1.807, 2.05) is 0 Å². The highest BCUT2D eigenvalue weighted by Gasteiger charge is 2.38. The molecule has 0 heterocycles. The van der Waals surface area contributed by atoms with Crippen LogP contribution >= 0.6 is 0 Å². The molecule has 0 spiro atoms. The quantitative estimate of drug-likeness (QED) is 0.691. The van der Waals surface area contributed by atoms with Crippen molar-refractivity contribution in [3.05, 3.63) is 0 Å². The van der Waals surface area contributed by atoms with Crippen LogP contribution in [0, 0.1) is 17.3 Å². The van der Waals surface area contributed by atoms with E-state index in [1.165, 1.54) is 0 Å². The number of hydrogen-bond acceptors (Lipinski definition) is 3. The number of methoxy groups -OCH3 is 1. The minimum atomic E-state index is -2.86. The van der Waals surface area contributed by atoms with Crippen LogP contribution in [0.5, 0.6) is 0 Å². The van der Waals surface area contributed by atoms with Crippen molar-refractivity contribution in [3.63, 3.8) is 0 Å². The van der Waals surface area contributed by atoms with Crippen molar-refractivity contribution in [2.75, 3.05) is 25.2 Å². The smallest absolute Gasteiger partial charge is 0.150 e. The minimum Gasteiger partial charge on any atom is -0.385 e. The third-order valence-electron chi connectivity index (χ3n) is 3.75. The first kappa shape index (κ1) is 15.0. The first-order valence-electron chi connectivity index (χ1n) is 6.44. The van der Waals surface area contributed by atoms with Crippen LogP contribution in [0.3, 0.4) is 0 Å². The lowest BCUT2D eigenvalue weighted by molar-refractivity contribution is 0.0878. The lowest BCUT2D eigenvalue weighted by Gasteiger charge is -2.43. The van der Waals surface area contributed by atoms with Gasteiger partial charge in [0, 0.05) is 13.7 Å². The van der Waals surface area contributed by atoms with Gasteiger partial charge in [-0.2, -0.15) is 0 Å². The van der Waals surface area contributed by atoms with Gasteiger partial charge in [0.1, 0.15) is 0 Å². The van der Waals surface area contributed by atoms with Crippen LogP contribution in [-0.4, -0.2) is 33.6 Å². The summed E-state index contributed by atoms with van der Waals surface area (Å²) >= 11 is 0. The average Bonchev–Trinajstić information content (AvgIpc) is 2.09. The Bertz CT molecular complexity index is 321. The van der Waals surface area contributed by atoms with Crippen LogP contribution in [0.25, 0.3) is 0 Å². The molecule has 4 heteroatoms. The predicted molar refractivity (Wildman–Crippen MR) is 70.8 cm³/mol. The average molecular weight is 262 g/mol. The first-order chi connectivity index (χ1) is 7.74. The van der Waals surface area contributed by atoms with Crippen LogP contribution < -0.4 is 0 Å². The summed E-state index contributed by atoms with van der Waals surface area (Å²) in [6.45, 7) is 7.25. The maximum absolute atomic E-state index is 11.8. The molecule has 0 aliphatic heterocycles. The molecule has 0 unspecified atom stereocenters. The van der Waals surface area contributed by atoms with Gasteiger partial charge in [-0.05, 0) is 36.5 Å². The molecule has 102 valence electrons. The molecule has 3 nitrogen and oxygen atoms in total. The maximum atomic E-state index is 11.8. The Morgan fingerprint density at radius 2 is 1.82 bits per heavy atom. The van der Waals surface area contributed by atoms with Gasteiger partial charge in [-0.15, -0.1) is 0 Å². The van der Waals surface area contributed by atoms with Gasteiger partial charge in [0.05, 0.1) is 11.5 Å². The van der Waals surface area contributed by atoms with Gasteiger partial charge in [0.15, 0.2) is 9.84 Å². The Morgan fingerprint density at radius 3 is 2.29 bits per heavy atom. The Balaban J connectivity index is 2.28. The number of ether oxygens (including phenoxy) is 1. The molecule has 1 aliphatic rings. The molecule has 1 fully saturated rings. The van der Waals surface area contributed by atoms with Crippen LogP contribution in [0.2, 0.25) is 0 Å². The van der Waals surface area contributed by atoms with Gasteiger partial charge in [-0.3, -0.25) is 0 Å². The summed E-state index contributed by atoms with van der Waals surface area (Å²) in [7, 11) is -1.26. The molecule has 0 saturated heterocycles. The van der Waals surface area contributed by atoms with Crippen LogP contribution in [-0.2, 0) is 14.6 Å².